The van der Waals surface area contributed by atoms with Crippen molar-refractivity contribution in [3.8, 4) is 0 Å². The summed E-state index contributed by atoms with van der Waals surface area (Å²) in [6, 6.07) is 15.3. The average molecular weight is 444 g/mol. The summed E-state index contributed by atoms with van der Waals surface area (Å²) in [5.41, 5.74) is 2.11. The lowest BCUT2D eigenvalue weighted by molar-refractivity contribution is -0.384. The van der Waals surface area contributed by atoms with Gasteiger partial charge in [0, 0.05) is 37.0 Å². The van der Waals surface area contributed by atoms with Gasteiger partial charge in [-0.2, -0.15) is 0 Å². The van der Waals surface area contributed by atoms with Crippen LogP contribution in [-0.2, 0) is 16.3 Å². The van der Waals surface area contributed by atoms with Gasteiger partial charge in [0.05, 0.1) is 20.8 Å². The molecule has 30 heavy (non-hydrogen) atoms. The van der Waals surface area contributed by atoms with Gasteiger partial charge in [-0.05, 0) is 30.5 Å². The Hall–Kier alpha value is -2.78. The molecule has 0 aliphatic carbocycles. The van der Waals surface area contributed by atoms with E-state index in [9.17, 15) is 18.5 Å². The molecule has 0 radical (unpaired) electrons. The fraction of sp³-hybridized carbons (Fsp3) is 0.286. The van der Waals surface area contributed by atoms with Crippen LogP contribution in [0, 0.1) is 10.1 Å². The molecule has 0 spiro atoms. The molecule has 1 aliphatic heterocycles. The number of benzene rings is 2. The lowest BCUT2D eigenvalue weighted by Gasteiger charge is -2.31. The number of nitro groups is 1. The second kappa shape index (κ2) is 8.53. The number of non-ortho nitro benzene ring substituents is 1. The first-order chi connectivity index (χ1) is 14.4. The van der Waals surface area contributed by atoms with E-state index in [0.717, 1.165) is 17.2 Å². The van der Waals surface area contributed by atoms with E-state index in [2.05, 4.69) is 22.4 Å². The maximum absolute atomic E-state index is 12.9. The molecule has 1 fully saturated rings. The van der Waals surface area contributed by atoms with Crippen molar-refractivity contribution < 1.29 is 13.3 Å². The number of aromatic nitrogens is 1. The summed E-state index contributed by atoms with van der Waals surface area (Å²) in [5, 5.41) is 13.3. The second-order valence-electron chi connectivity index (χ2n) is 7.27. The Morgan fingerprint density at radius 3 is 2.37 bits per heavy atom. The number of hydrogen-bond acceptors (Lipinski definition) is 7. The zero-order chi connectivity index (χ0) is 21.1. The van der Waals surface area contributed by atoms with E-state index in [0.29, 0.717) is 25.9 Å². The molecular formula is C21H21N3O4S2. The summed E-state index contributed by atoms with van der Waals surface area (Å²) in [7, 11) is -3.51. The molecule has 3 aromatic rings. The van der Waals surface area contributed by atoms with Crippen molar-refractivity contribution in [1.29, 1.82) is 0 Å². The van der Waals surface area contributed by atoms with Gasteiger partial charge in [-0.1, -0.05) is 30.3 Å². The van der Waals surface area contributed by atoms with E-state index in [1.165, 1.54) is 29.8 Å². The molecule has 0 amide bonds. The van der Waals surface area contributed by atoms with Crippen molar-refractivity contribution in [2.24, 2.45) is 0 Å². The quantitative estimate of drug-likeness (QED) is 0.421. The molecule has 0 saturated carbocycles. The average Bonchev–Trinajstić information content (AvgIpc) is 3.23. The van der Waals surface area contributed by atoms with Gasteiger partial charge in [-0.15, -0.1) is 11.3 Å². The molecule has 1 aromatic heterocycles. The molecule has 0 atom stereocenters. The lowest BCUT2D eigenvalue weighted by Crippen LogP contribution is -2.39. The van der Waals surface area contributed by atoms with E-state index in [4.69, 9.17) is 4.98 Å². The van der Waals surface area contributed by atoms with Gasteiger partial charge < -0.3 is 4.90 Å². The predicted molar refractivity (Wildman–Crippen MR) is 117 cm³/mol. The minimum atomic E-state index is -3.51. The van der Waals surface area contributed by atoms with Gasteiger partial charge >= 0.3 is 0 Å². The number of anilines is 1. The highest BCUT2D eigenvalue weighted by atomic mass is 32.2. The van der Waals surface area contributed by atoms with Crippen molar-refractivity contribution in [3.05, 3.63) is 81.3 Å². The van der Waals surface area contributed by atoms with Crippen LogP contribution < -0.4 is 4.90 Å². The largest absolute Gasteiger partial charge is 0.348 e. The maximum atomic E-state index is 12.9. The summed E-state index contributed by atoms with van der Waals surface area (Å²) >= 11 is 1.59. The number of sulfone groups is 1. The summed E-state index contributed by atoms with van der Waals surface area (Å²) in [4.78, 5) is 17.3. The Kier molecular flexibility index (Phi) is 5.83. The summed E-state index contributed by atoms with van der Waals surface area (Å²) in [6.45, 7) is 1.24. The van der Waals surface area contributed by atoms with E-state index in [-0.39, 0.29) is 10.6 Å². The van der Waals surface area contributed by atoms with Crippen molar-refractivity contribution in [1.82, 2.24) is 4.98 Å². The molecule has 9 heteroatoms. The smallest absolute Gasteiger partial charge is 0.269 e. The molecule has 2 heterocycles. The number of nitrogens with zero attached hydrogens (tertiary/aromatic N) is 3. The zero-order valence-corrected chi connectivity index (χ0v) is 17.8. The first kappa shape index (κ1) is 20.5. The van der Waals surface area contributed by atoms with Crippen molar-refractivity contribution in [2.45, 2.75) is 29.4 Å². The van der Waals surface area contributed by atoms with E-state index >= 15 is 0 Å². The van der Waals surface area contributed by atoms with Gasteiger partial charge in [-0.3, -0.25) is 10.1 Å². The third-order valence-corrected chi connectivity index (χ3v) is 8.52. The number of rotatable bonds is 6. The Morgan fingerprint density at radius 1 is 1.07 bits per heavy atom. The lowest BCUT2D eigenvalue weighted by atomic mass is 10.1. The fourth-order valence-corrected chi connectivity index (χ4v) is 6.25. The van der Waals surface area contributed by atoms with E-state index in [1.807, 2.05) is 18.2 Å². The van der Waals surface area contributed by atoms with Crippen molar-refractivity contribution >= 4 is 32.0 Å². The van der Waals surface area contributed by atoms with Crippen LogP contribution in [0.15, 0.2) is 64.9 Å². The van der Waals surface area contributed by atoms with Crippen molar-refractivity contribution in [2.75, 3.05) is 18.0 Å². The first-order valence-electron chi connectivity index (χ1n) is 9.65. The summed E-state index contributed by atoms with van der Waals surface area (Å²) in [5.74, 6) is 0. The second-order valence-corrected chi connectivity index (χ2v) is 10.3. The van der Waals surface area contributed by atoms with Gasteiger partial charge in [-0.25, -0.2) is 13.4 Å². The molecule has 2 aromatic carbocycles. The van der Waals surface area contributed by atoms with Crippen LogP contribution in [0.2, 0.25) is 0 Å². The number of piperidine rings is 1. The van der Waals surface area contributed by atoms with Crippen LogP contribution in [0.4, 0.5) is 10.8 Å². The number of nitro benzene ring substituents is 1. The first-order valence-corrected chi connectivity index (χ1v) is 12.1. The third kappa shape index (κ3) is 4.36. The minimum Gasteiger partial charge on any atom is -0.348 e. The number of hydrogen-bond donors (Lipinski definition) is 0. The SMILES string of the molecule is O=[N+]([O-])c1ccc(S(=O)(=O)C2CCN(c3nc(Cc4ccccc4)cs3)CC2)cc1. The zero-order valence-electron chi connectivity index (χ0n) is 16.2. The fourth-order valence-electron chi connectivity index (χ4n) is 3.64. The molecule has 0 unspecified atom stereocenters. The standard InChI is InChI=1S/C21H21N3O4S2/c25-24(26)18-6-8-19(9-7-18)30(27,28)20-10-12-23(13-11-20)21-22-17(15-29-21)14-16-4-2-1-3-5-16/h1-9,15,20H,10-14H2. The van der Waals surface area contributed by atoms with Crippen LogP contribution in [0.3, 0.4) is 0 Å². The Morgan fingerprint density at radius 2 is 1.73 bits per heavy atom. The highest BCUT2D eigenvalue weighted by molar-refractivity contribution is 7.92. The molecule has 156 valence electrons. The van der Waals surface area contributed by atoms with Gasteiger partial charge in [0.2, 0.25) is 0 Å². The van der Waals surface area contributed by atoms with E-state index in [1.54, 1.807) is 11.3 Å². The van der Waals surface area contributed by atoms with E-state index < -0.39 is 20.0 Å². The molecule has 4 rings (SSSR count). The Bertz CT molecular complexity index is 1120. The Balaban J connectivity index is 1.39. The Labute approximate surface area is 179 Å². The monoisotopic (exact) mass is 443 g/mol. The normalized spacial score (nSPS) is 15.3. The summed E-state index contributed by atoms with van der Waals surface area (Å²) < 4.78 is 25.8. The highest BCUT2D eigenvalue weighted by Gasteiger charge is 2.32. The molecule has 0 bridgehead atoms. The van der Waals surface area contributed by atoms with Gasteiger partial charge in [0.1, 0.15) is 0 Å². The van der Waals surface area contributed by atoms with Gasteiger partial charge in [0.15, 0.2) is 15.0 Å². The van der Waals surface area contributed by atoms with Crippen molar-refractivity contribution in [3.63, 3.8) is 0 Å². The van der Waals surface area contributed by atoms with Gasteiger partial charge in [0.25, 0.3) is 5.69 Å². The topological polar surface area (TPSA) is 93.4 Å². The van der Waals surface area contributed by atoms with Crippen LogP contribution in [0.1, 0.15) is 24.1 Å². The third-order valence-electron chi connectivity index (χ3n) is 5.30. The van der Waals surface area contributed by atoms with Crippen LogP contribution >= 0.6 is 11.3 Å². The number of thiazole rings is 1. The predicted octanol–water partition coefficient (Wildman–Crippen LogP) is 4.08. The highest BCUT2D eigenvalue weighted by Crippen LogP contribution is 2.30. The molecule has 7 nitrogen and oxygen atoms in total. The minimum absolute atomic E-state index is 0.112. The summed E-state index contributed by atoms with van der Waals surface area (Å²) in [6.07, 6.45) is 1.79. The molecular weight excluding hydrogens is 422 g/mol. The van der Waals surface area contributed by atoms with Crippen LogP contribution in [0.5, 0.6) is 0 Å². The molecule has 1 aliphatic rings. The molecule has 0 N–H and O–H groups in total. The van der Waals surface area contributed by atoms with Crippen LogP contribution in [0.25, 0.3) is 0 Å². The van der Waals surface area contributed by atoms with Crippen LogP contribution in [-0.4, -0.2) is 36.7 Å². The maximum Gasteiger partial charge on any atom is 0.269 e. The molecule has 1 saturated heterocycles.